The Morgan fingerprint density at radius 2 is 2.14 bits per heavy atom. The van der Waals surface area contributed by atoms with E-state index in [1.807, 2.05) is 13.8 Å². The zero-order valence-corrected chi connectivity index (χ0v) is 17.9. The second-order valence-electron chi connectivity index (χ2n) is 7.57. The first-order valence-corrected chi connectivity index (χ1v) is 9.33. The zero-order valence-electron chi connectivity index (χ0n) is 17.1. The SMILES string of the molecule is CN=C(C=CN)CN(C(=O)OC(C)(C)C)c1cc(Cl)nc2c(C(C)C)cnn12. The number of aromatic nitrogens is 3. The fraction of sp³-hybridized carbons (Fsp3) is 0.474. The zero-order chi connectivity index (χ0) is 21.1. The van der Waals surface area contributed by atoms with Gasteiger partial charge in [0.1, 0.15) is 16.6 Å². The maximum absolute atomic E-state index is 13.0. The number of amides is 1. The fourth-order valence-electron chi connectivity index (χ4n) is 2.56. The summed E-state index contributed by atoms with van der Waals surface area (Å²) in [6, 6.07) is 1.58. The molecule has 9 heteroatoms. The number of hydrogen-bond acceptors (Lipinski definition) is 6. The number of hydrogen-bond donors (Lipinski definition) is 1. The number of carbonyl (C=O) groups excluding carboxylic acids is 1. The van der Waals surface area contributed by atoms with Gasteiger partial charge in [0.2, 0.25) is 0 Å². The molecule has 0 aromatic carbocycles. The van der Waals surface area contributed by atoms with Crippen molar-refractivity contribution < 1.29 is 9.53 Å². The molecular formula is C19H27ClN6O2. The second-order valence-corrected chi connectivity index (χ2v) is 7.95. The van der Waals surface area contributed by atoms with Crippen LogP contribution in [-0.2, 0) is 4.74 Å². The summed E-state index contributed by atoms with van der Waals surface area (Å²) in [6.07, 6.45) is 4.17. The minimum atomic E-state index is -0.675. The predicted molar refractivity (Wildman–Crippen MR) is 112 cm³/mol. The molecule has 2 N–H and O–H groups in total. The van der Waals surface area contributed by atoms with E-state index in [0.29, 0.717) is 17.2 Å². The highest BCUT2D eigenvalue weighted by Gasteiger charge is 2.27. The summed E-state index contributed by atoms with van der Waals surface area (Å²) in [7, 11) is 1.63. The molecule has 0 saturated heterocycles. The molecule has 2 aromatic rings. The van der Waals surface area contributed by atoms with Crippen molar-refractivity contribution in [1.29, 1.82) is 0 Å². The average Bonchev–Trinajstić information content (AvgIpc) is 3.00. The lowest BCUT2D eigenvalue weighted by Crippen LogP contribution is -2.41. The Bertz CT molecular complexity index is 911. The molecular weight excluding hydrogens is 380 g/mol. The number of aliphatic imine (C=N–C) groups is 1. The van der Waals surface area contributed by atoms with Gasteiger partial charge in [-0.3, -0.25) is 9.89 Å². The largest absolute Gasteiger partial charge is 0.443 e. The van der Waals surface area contributed by atoms with Crippen LogP contribution in [0.1, 0.15) is 46.1 Å². The van der Waals surface area contributed by atoms with Gasteiger partial charge in [-0.2, -0.15) is 9.61 Å². The van der Waals surface area contributed by atoms with E-state index in [2.05, 4.69) is 15.1 Å². The Morgan fingerprint density at radius 3 is 2.68 bits per heavy atom. The minimum absolute atomic E-state index is 0.130. The molecule has 0 aliphatic rings. The number of anilines is 1. The summed E-state index contributed by atoms with van der Waals surface area (Å²) >= 11 is 6.28. The van der Waals surface area contributed by atoms with Crippen molar-refractivity contribution in [3.05, 3.63) is 35.3 Å². The Morgan fingerprint density at radius 1 is 1.46 bits per heavy atom. The van der Waals surface area contributed by atoms with Crippen molar-refractivity contribution >= 4 is 34.9 Å². The molecule has 0 spiro atoms. The number of nitrogens with zero attached hydrogens (tertiary/aromatic N) is 5. The number of ether oxygens (including phenoxy) is 1. The summed E-state index contributed by atoms with van der Waals surface area (Å²) in [5.74, 6) is 0.627. The van der Waals surface area contributed by atoms with Crippen LogP contribution in [0.5, 0.6) is 0 Å². The molecule has 152 valence electrons. The molecule has 2 heterocycles. The molecule has 28 heavy (non-hydrogen) atoms. The monoisotopic (exact) mass is 406 g/mol. The van der Waals surface area contributed by atoms with E-state index in [1.165, 1.54) is 11.1 Å². The average molecular weight is 407 g/mol. The molecule has 0 unspecified atom stereocenters. The first-order chi connectivity index (χ1) is 13.1. The van der Waals surface area contributed by atoms with Crippen molar-refractivity contribution in [2.75, 3.05) is 18.5 Å². The van der Waals surface area contributed by atoms with Crippen LogP contribution in [0.25, 0.3) is 5.65 Å². The standard InChI is InChI=1S/C19H27ClN6O2/c1-12(2)14-10-23-26-16(9-15(20)24-17(14)26)25(11-13(22-6)7-8-21)18(27)28-19(3,4)5/h7-10,12H,11,21H2,1-6H3. The summed E-state index contributed by atoms with van der Waals surface area (Å²) in [5.41, 5.74) is 6.94. The van der Waals surface area contributed by atoms with Gasteiger partial charge in [-0.25, -0.2) is 9.78 Å². The van der Waals surface area contributed by atoms with Crippen LogP contribution in [0.4, 0.5) is 10.6 Å². The van der Waals surface area contributed by atoms with Crippen molar-refractivity contribution in [3.63, 3.8) is 0 Å². The van der Waals surface area contributed by atoms with Crippen LogP contribution >= 0.6 is 11.6 Å². The normalized spacial score (nSPS) is 12.9. The first-order valence-electron chi connectivity index (χ1n) is 8.96. The minimum Gasteiger partial charge on any atom is -0.443 e. The van der Waals surface area contributed by atoms with Crippen molar-refractivity contribution in [1.82, 2.24) is 14.6 Å². The Kier molecular flexibility index (Phi) is 6.66. The van der Waals surface area contributed by atoms with Gasteiger partial charge in [-0.05, 0) is 39.0 Å². The third-order valence-electron chi connectivity index (χ3n) is 3.86. The fourth-order valence-corrected chi connectivity index (χ4v) is 2.74. The van der Waals surface area contributed by atoms with E-state index in [9.17, 15) is 4.79 Å². The second kappa shape index (κ2) is 8.60. The number of halogens is 1. The molecule has 0 aliphatic carbocycles. The molecule has 0 bridgehead atoms. The van der Waals surface area contributed by atoms with Crippen LogP contribution in [0.2, 0.25) is 5.15 Å². The molecule has 8 nitrogen and oxygen atoms in total. The molecule has 0 atom stereocenters. The topological polar surface area (TPSA) is 98.1 Å². The van der Waals surface area contributed by atoms with Gasteiger partial charge in [0.05, 0.1) is 18.5 Å². The van der Waals surface area contributed by atoms with Gasteiger partial charge >= 0.3 is 6.09 Å². The first kappa shape index (κ1) is 21.7. The van der Waals surface area contributed by atoms with Gasteiger partial charge in [0.15, 0.2) is 5.65 Å². The van der Waals surface area contributed by atoms with Crippen LogP contribution < -0.4 is 10.6 Å². The van der Waals surface area contributed by atoms with Gasteiger partial charge in [0, 0.05) is 18.7 Å². The summed E-state index contributed by atoms with van der Waals surface area (Å²) in [4.78, 5) is 23.0. The van der Waals surface area contributed by atoms with E-state index in [1.54, 1.807) is 50.7 Å². The van der Waals surface area contributed by atoms with Gasteiger partial charge < -0.3 is 10.5 Å². The third kappa shape index (κ3) is 5.01. The summed E-state index contributed by atoms with van der Waals surface area (Å²) in [6.45, 7) is 9.62. The van der Waals surface area contributed by atoms with Crippen LogP contribution in [0.15, 0.2) is 29.5 Å². The van der Waals surface area contributed by atoms with Crippen LogP contribution in [0.3, 0.4) is 0 Å². The van der Waals surface area contributed by atoms with E-state index in [4.69, 9.17) is 22.1 Å². The quantitative estimate of drug-likeness (QED) is 0.601. The summed E-state index contributed by atoms with van der Waals surface area (Å²) in [5, 5.41) is 4.68. The molecule has 1 amide bonds. The maximum Gasteiger partial charge on any atom is 0.416 e. The Hall–Kier alpha value is -2.61. The third-order valence-corrected chi connectivity index (χ3v) is 4.05. The van der Waals surface area contributed by atoms with E-state index < -0.39 is 11.7 Å². The maximum atomic E-state index is 13.0. The Labute approximate surface area is 170 Å². The molecule has 0 saturated carbocycles. The number of carbonyl (C=O) groups is 1. The molecule has 2 rings (SSSR count). The lowest BCUT2D eigenvalue weighted by atomic mass is 10.1. The number of rotatable bonds is 5. The number of fused-ring (bicyclic) bond motifs is 1. The van der Waals surface area contributed by atoms with Crippen LogP contribution in [-0.4, -0.2) is 45.6 Å². The van der Waals surface area contributed by atoms with Crippen LogP contribution in [0, 0.1) is 0 Å². The van der Waals surface area contributed by atoms with E-state index >= 15 is 0 Å². The lowest BCUT2D eigenvalue weighted by Gasteiger charge is -2.27. The van der Waals surface area contributed by atoms with E-state index in [-0.39, 0.29) is 17.6 Å². The van der Waals surface area contributed by atoms with Crippen molar-refractivity contribution in [2.24, 2.45) is 10.7 Å². The molecule has 0 aliphatic heterocycles. The lowest BCUT2D eigenvalue weighted by molar-refractivity contribution is 0.0584. The van der Waals surface area contributed by atoms with Crippen molar-refractivity contribution in [3.8, 4) is 0 Å². The van der Waals surface area contributed by atoms with Gasteiger partial charge in [0.25, 0.3) is 0 Å². The predicted octanol–water partition coefficient (Wildman–Crippen LogP) is 3.79. The van der Waals surface area contributed by atoms with Gasteiger partial charge in [-0.15, -0.1) is 0 Å². The highest BCUT2D eigenvalue weighted by Crippen LogP contribution is 2.27. The smallest absolute Gasteiger partial charge is 0.416 e. The molecule has 0 radical (unpaired) electrons. The van der Waals surface area contributed by atoms with E-state index in [0.717, 1.165) is 5.56 Å². The highest BCUT2D eigenvalue weighted by atomic mass is 35.5. The Balaban J connectivity index is 2.64. The molecule has 0 fully saturated rings. The van der Waals surface area contributed by atoms with Crippen molar-refractivity contribution in [2.45, 2.75) is 46.1 Å². The highest BCUT2D eigenvalue weighted by molar-refractivity contribution is 6.29. The van der Waals surface area contributed by atoms with Gasteiger partial charge in [-0.1, -0.05) is 25.4 Å². The summed E-state index contributed by atoms with van der Waals surface area (Å²) < 4.78 is 7.18. The molecule has 2 aromatic heterocycles. The number of nitrogens with two attached hydrogens (primary N) is 1.